The van der Waals surface area contributed by atoms with Crippen LogP contribution >= 0.6 is 11.3 Å². The van der Waals surface area contributed by atoms with Crippen molar-refractivity contribution in [2.45, 2.75) is 6.18 Å². The van der Waals surface area contributed by atoms with Crippen molar-refractivity contribution in [1.82, 2.24) is 9.97 Å². The van der Waals surface area contributed by atoms with Crippen molar-refractivity contribution in [3.8, 4) is 0 Å². The van der Waals surface area contributed by atoms with Gasteiger partial charge in [0.05, 0.1) is 11.1 Å². The lowest BCUT2D eigenvalue weighted by atomic mass is 10.1. The Kier molecular flexibility index (Phi) is 3.53. The number of nitrogens with one attached hydrogen (secondary N) is 1. The van der Waals surface area contributed by atoms with Crippen molar-refractivity contribution >= 4 is 33.3 Å². The van der Waals surface area contributed by atoms with Gasteiger partial charge in [0.15, 0.2) is 10.8 Å². The molecule has 0 fully saturated rings. The van der Waals surface area contributed by atoms with Gasteiger partial charge >= 0.3 is 6.18 Å². The average Bonchev–Trinajstić information content (AvgIpc) is 2.95. The number of anilines is 1. The van der Waals surface area contributed by atoms with E-state index >= 15 is 0 Å². The molecule has 0 spiro atoms. The Morgan fingerprint density at radius 3 is 2.68 bits per heavy atom. The molecular formula is C14H8F3N3OS. The number of hydrogen-bond acceptors (Lipinski definition) is 4. The third-order valence-corrected chi connectivity index (χ3v) is 3.67. The quantitative estimate of drug-likeness (QED) is 0.776. The highest BCUT2D eigenvalue weighted by Crippen LogP contribution is 2.31. The number of carbonyl (C=O) groups is 1. The van der Waals surface area contributed by atoms with Crippen LogP contribution < -0.4 is 5.32 Å². The van der Waals surface area contributed by atoms with E-state index in [1.54, 1.807) is 24.3 Å². The van der Waals surface area contributed by atoms with Crippen molar-refractivity contribution in [1.29, 1.82) is 0 Å². The third kappa shape index (κ3) is 2.77. The van der Waals surface area contributed by atoms with Gasteiger partial charge in [-0.1, -0.05) is 18.2 Å². The summed E-state index contributed by atoms with van der Waals surface area (Å²) in [6.07, 6.45) is -3.05. The number of pyridine rings is 1. The predicted octanol–water partition coefficient (Wildman–Crippen LogP) is 3.96. The molecule has 0 unspecified atom stereocenters. The lowest BCUT2D eigenvalue weighted by Gasteiger charge is -2.05. The van der Waals surface area contributed by atoms with E-state index in [0.717, 1.165) is 16.7 Å². The maximum absolute atomic E-state index is 12.5. The molecule has 3 rings (SSSR count). The lowest BCUT2D eigenvalue weighted by molar-refractivity contribution is -0.140. The summed E-state index contributed by atoms with van der Waals surface area (Å²) in [5.74, 6) is -0.526. The van der Waals surface area contributed by atoms with Gasteiger partial charge in [0.1, 0.15) is 0 Å². The van der Waals surface area contributed by atoms with Gasteiger partial charge in [0.25, 0.3) is 5.91 Å². The zero-order valence-corrected chi connectivity index (χ0v) is 11.7. The number of nitrogens with zero attached hydrogens (tertiary/aromatic N) is 2. The van der Waals surface area contributed by atoms with Gasteiger partial charge in [-0.3, -0.25) is 15.1 Å². The predicted molar refractivity (Wildman–Crippen MR) is 76.8 cm³/mol. The number of halogens is 3. The topological polar surface area (TPSA) is 54.9 Å². The molecule has 0 saturated heterocycles. The minimum Gasteiger partial charge on any atom is -0.298 e. The zero-order valence-electron chi connectivity index (χ0n) is 10.9. The molecule has 112 valence electrons. The molecule has 8 heteroatoms. The van der Waals surface area contributed by atoms with Crippen LogP contribution in [-0.4, -0.2) is 15.9 Å². The van der Waals surface area contributed by atoms with E-state index < -0.39 is 17.8 Å². The highest BCUT2D eigenvalue weighted by atomic mass is 32.1. The van der Waals surface area contributed by atoms with Crippen LogP contribution in [0, 0.1) is 0 Å². The molecule has 0 bridgehead atoms. The number of aromatic nitrogens is 2. The summed E-state index contributed by atoms with van der Waals surface area (Å²) >= 11 is 0.726. The Morgan fingerprint density at radius 1 is 1.18 bits per heavy atom. The number of thiazole rings is 1. The second-order valence-corrected chi connectivity index (χ2v) is 5.22. The molecule has 1 N–H and O–H groups in total. The zero-order chi connectivity index (χ0) is 15.7. The van der Waals surface area contributed by atoms with Crippen molar-refractivity contribution in [2.24, 2.45) is 0 Å². The number of alkyl halides is 3. The minimum absolute atomic E-state index is 0.0989. The average molecular weight is 323 g/mol. The summed E-state index contributed by atoms with van der Waals surface area (Å²) < 4.78 is 37.5. The van der Waals surface area contributed by atoms with Crippen LogP contribution in [0.3, 0.4) is 0 Å². The highest BCUT2D eigenvalue weighted by Gasteiger charge is 2.33. The van der Waals surface area contributed by atoms with Crippen LogP contribution in [-0.2, 0) is 6.18 Å². The lowest BCUT2D eigenvalue weighted by Crippen LogP contribution is -2.13. The number of para-hydroxylation sites is 1. The van der Waals surface area contributed by atoms with Crippen molar-refractivity contribution in [3.63, 3.8) is 0 Å². The standard InChI is InChI=1S/C14H8F3N3OS/c15-14(16,17)11-7-22-13(19-11)20-12(21)9-5-6-18-10-4-2-1-3-8(9)10/h1-7H,(H,19,20,21). The smallest absolute Gasteiger partial charge is 0.298 e. The second-order valence-electron chi connectivity index (χ2n) is 4.37. The largest absolute Gasteiger partial charge is 0.434 e. The minimum atomic E-state index is -4.52. The number of carbonyl (C=O) groups excluding carboxylic acids is 1. The molecule has 0 aliphatic carbocycles. The van der Waals surface area contributed by atoms with Crippen molar-refractivity contribution in [2.75, 3.05) is 5.32 Å². The van der Waals surface area contributed by atoms with Crippen LogP contribution in [0.25, 0.3) is 10.9 Å². The number of fused-ring (bicyclic) bond motifs is 1. The van der Waals surface area contributed by atoms with E-state index in [-0.39, 0.29) is 5.13 Å². The first-order valence-electron chi connectivity index (χ1n) is 6.13. The SMILES string of the molecule is O=C(Nc1nc(C(F)(F)F)cs1)c1ccnc2ccccc12. The highest BCUT2D eigenvalue weighted by molar-refractivity contribution is 7.14. The number of rotatable bonds is 2. The maximum Gasteiger partial charge on any atom is 0.434 e. The van der Waals surface area contributed by atoms with E-state index in [2.05, 4.69) is 15.3 Å². The summed E-state index contributed by atoms with van der Waals surface area (Å²) in [7, 11) is 0. The molecule has 0 atom stereocenters. The molecule has 0 radical (unpaired) electrons. The van der Waals surface area contributed by atoms with E-state index in [1.165, 1.54) is 12.3 Å². The molecule has 2 aromatic heterocycles. The summed E-state index contributed by atoms with van der Waals surface area (Å²) in [4.78, 5) is 19.7. The third-order valence-electron chi connectivity index (χ3n) is 2.91. The first-order chi connectivity index (χ1) is 10.4. The monoisotopic (exact) mass is 323 g/mol. The molecule has 3 aromatic rings. The van der Waals surface area contributed by atoms with Gasteiger partial charge in [-0.25, -0.2) is 4.98 Å². The van der Waals surface area contributed by atoms with Crippen LogP contribution in [0.4, 0.5) is 18.3 Å². The van der Waals surface area contributed by atoms with Crippen LogP contribution in [0.1, 0.15) is 16.1 Å². The van der Waals surface area contributed by atoms with E-state index in [4.69, 9.17) is 0 Å². The fourth-order valence-corrected chi connectivity index (χ4v) is 2.63. The van der Waals surface area contributed by atoms with E-state index in [1.807, 2.05) is 0 Å². The van der Waals surface area contributed by atoms with Gasteiger partial charge in [0.2, 0.25) is 0 Å². The number of amides is 1. The Balaban J connectivity index is 1.89. The van der Waals surface area contributed by atoms with E-state index in [9.17, 15) is 18.0 Å². The maximum atomic E-state index is 12.5. The van der Waals surface area contributed by atoms with Gasteiger partial charge in [-0.2, -0.15) is 13.2 Å². The van der Waals surface area contributed by atoms with Crippen LogP contribution in [0.15, 0.2) is 41.9 Å². The van der Waals surface area contributed by atoms with Gasteiger partial charge in [0, 0.05) is 17.0 Å². The van der Waals surface area contributed by atoms with Crippen molar-refractivity contribution in [3.05, 3.63) is 53.2 Å². The fraction of sp³-hybridized carbons (Fsp3) is 0.0714. The van der Waals surface area contributed by atoms with Crippen LogP contribution in [0.2, 0.25) is 0 Å². The summed E-state index contributed by atoms with van der Waals surface area (Å²) in [6.45, 7) is 0. The molecule has 22 heavy (non-hydrogen) atoms. The van der Waals surface area contributed by atoms with E-state index in [0.29, 0.717) is 16.5 Å². The molecule has 0 saturated carbocycles. The molecule has 4 nitrogen and oxygen atoms in total. The molecule has 1 aromatic carbocycles. The van der Waals surface area contributed by atoms with Gasteiger partial charge in [-0.05, 0) is 12.1 Å². The van der Waals surface area contributed by atoms with Gasteiger partial charge in [-0.15, -0.1) is 11.3 Å². The van der Waals surface area contributed by atoms with Crippen molar-refractivity contribution < 1.29 is 18.0 Å². The Labute approximate surface area is 126 Å². The number of hydrogen-bond donors (Lipinski definition) is 1. The molecule has 0 aliphatic heterocycles. The fourth-order valence-electron chi connectivity index (χ4n) is 1.92. The molecule has 0 aliphatic rings. The summed E-state index contributed by atoms with van der Waals surface area (Å²) in [5, 5.41) is 3.77. The normalized spacial score (nSPS) is 11.6. The number of benzene rings is 1. The second kappa shape index (κ2) is 5.38. The first kappa shape index (κ1) is 14.5. The first-order valence-corrected chi connectivity index (χ1v) is 7.01. The Morgan fingerprint density at radius 2 is 1.95 bits per heavy atom. The molecule has 2 heterocycles. The Bertz CT molecular complexity index is 839. The summed E-state index contributed by atoms with van der Waals surface area (Å²) in [6, 6.07) is 8.52. The van der Waals surface area contributed by atoms with Gasteiger partial charge < -0.3 is 0 Å². The summed E-state index contributed by atoms with van der Waals surface area (Å²) in [5.41, 5.74) is -0.0629. The van der Waals surface area contributed by atoms with Crippen LogP contribution in [0.5, 0.6) is 0 Å². The molecule has 1 amide bonds. The molecular weight excluding hydrogens is 315 g/mol. The Hall–Kier alpha value is -2.48.